The van der Waals surface area contributed by atoms with Crippen molar-refractivity contribution < 1.29 is 0 Å². The molecule has 0 saturated carbocycles. The lowest BCUT2D eigenvalue weighted by atomic mass is 10.2. The first-order valence-electron chi connectivity index (χ1n) is 5.70. The van der Waals surface area contributed by atoms with Crippen molar-refractivity contribution in [3.05, 3.63) is 15.3 Å². The number of anilines is 1. The molecule has 0 radical (unpaired) electrons. The molecule has 0 spiro atoms. The van der Waals surface area contributed by atoms with Crippen LogP contribution in [0.4, 0.5) is 5.13 Å². The number of nitrogens with one attached hydrogen (secondary N) is 1. The van der Waals surface area contributed by atoms with Gasteiger partial charge in [0, 0.05) is 16.8 Å². The fourth-order valence-electron chi connectivity index (χ4n) is 1.52. The second-order valence-corrected chi connectivity index (χ2v) is 6.72. The van der Waals surface area contributed by atoms with Gasteiger partial charge in [-0.3, -0.25) is 0 Å². The first kappa shape index (κ1) is 12.5. The summed E-state index contributed by atoms with van der Waals surface area (Å²) >= 11 is 3.37. The van der Waals surface area contributed by atoms with E-state index in [4.69, 9.17) is 0 Å². The molecule has 2 rings (SSSR count). The Bertz CT molecular complexity index is 500. The molecule has 0 atom stereocenters. The van der Waals surface area contributed by atoms with Gasteiger partial charge in [-0.15, -0.1) is 22.7 Å². The van der Waals surface area contributed by atoms with Crippen LogP contribution in [0.25, 0.3) is 11.4 Å². The molecule has 2 aromatic rings. The predicted octanol–water partition coefficient (Wildman–Crippen LogP) is 3.95. The number of aromatic nitrogens is 2. The van der Waals surface area contributed by atoms with Gasteiger partial charge in [0.25, 0.3) is 0 Å². The van der Waals surface area contributed by atoms with Gasteiger partial charge in [-0.2, -0.15) is 0 Å². The number of hydrogen-bond acceptors (Lipinski definition) is 5. The van der Waals surface area contributed by atoms with E-state index in [0.717, 1.165) is 28.1 Å². The van der Waals surface area contributed by atoms with Crippen LogP contribution in [0.15, 0.2) is 5.38 Å². The van der Waals surface area contributed by atoms with Gasteiger partial charge in [0.1, 0.15) is 11.4 Å². The standard InChI is InChI=1S/C12H17N3S2/c1-7(2)5-13-12-15-10(6-16-12)11-8(3)17-9(4)14-11/h6-7H,5H2,1-4H3,(H,13,15). The maximum atomic E-state index is 4.58. The van der Waals surface area contributed by atoms with E-state index < -0.39 is 0 Å². The summed E-state index contributed by atoms with van der Waals surface area (Å²) in [6.07, 6.45) is 0. The molecule has 0 aliphatic carbocycles. The Balaban J connectivity index is 2.15. The highest BCUT2D eigenvalue weighted by atomic mass is 32.1. The molecule has 0 unspecified atom stereocenters. The van der Waals surface area contributed by atoms with E-state index in [1.54, 1.807) is 22.7 Å². The summed E-state index contributed by atoms with van der Waals surface area (Å²) in [5.41, 5.74) is 2.02. The highest BCUT2D eigenvalue weighted by molar-refractivity contribution is 7.14. The normalized spacial score (nSPS) is 11.1. The molecule has 0 bridgehead atoms. The number of hydrogen-bond donors (Lipinski definition) is 1. The minimum absolute atomic E-state index is 0.630. The highest BCUT2D eigenvalue weighted by Crippen LogP contribution is 2.29. The lowest BCUT2D eigenvalue weighted by Crippen LogP contribution is -2.07. The van der Waals surface area contributed by atoms with Crippen molar-refractivity contribution >= 4 is 27.8 Å². The molecule has 0 amide bonds. The number of aryl methyl sites for hydroxylation is 2. The molecule has 0 aliphatic rings. The van der Waals surface area contributed by atoms with Crippen LogP contribution in [0.2, 0.25) is 0 Å². The Morgan fingerprint density at radius 3 is 2.65 bits per heavy atom. The molecule has 0 aromatic carbocycles. The molecule has 5 heteroatoms. The van der Waals surface area contributed by atoms with Crippen LogP contribution in [0, 0.1) is 19.8 Å². The largest absolute Gasteiger partial charge is 0.361 e. The third-order valence-electron chi connectivity index (χ3n) is 2.31. The lowest BCUT2D eigenvalue weighted by Gasteiger charge is -2.04. The van der Waals surface area contributed by atoms with Gasteiger partial charge >= 0.3 is 0 Å². The molecule has 1 N–H and O–H groups in total. The van der Waals surface area contributed by atoms with Crippen molar-refractivity contribution in [2.45, 2.75) is 27.7 Å². The summed E-state index contributed by atoms with van der Waals surface area (Å²) in [5, 5.41) is 7.50. The lowest BCUT2D eigenvalue weighted by molar-refractivity contribution is 0.688. The van der Waals surface area contributed by atoms with E-state index in [1.807, 2.05) is 6.92 Å². The van der Waals surface area contributed by atoms with Gasteiger partial charge in [-0.05, 0) is 19.8 Å². The zero-order chi connectivity index (χ0) is 12.4. The summed E-state index contributed by atoms with van der Waals surface area (Å²) in [6.45, 7) is 9.47. The van der Waals surface area contributed by atoms with Crippen LogP contribution < -0.4 is 5.32 Å². The fourth-order valence-corrected chi connectivity index (χ4v) is 3.05. The van der Waals surface area contributed by atoms with E-state index in [9.17, 15) is 0 Å². The minimum Gasteiger partial charge on any atom is -0.361 e. The highest BCUT2D eigenvalue weighted by Gasteiger charge is 2.11. The Kier molecular flexibility index (Phi) is 3.79. The molecular weight excluding hydrogens is 250 g/mol. The molecular formula is C12H17N3S2. The summed E-state index contributed by atoms with van der Waals surface area (Å²) in [4.78, 5) is 10.3. The zero-order valence-corrected chi connectivity index (χ0v) is 12.2. The Morgan fingerprint density at radius 2 is 2.06 bits per heavy atom. The minimum atomic E-state index is 0.630. The maximum absolute atomic E-state index is 4.58. The van der Waals surface area contributed by atoms with Gasteiger partial charge in [0.2, 0.25) is 0 Å². The molecule has 2 aromatic heterocycles. The number of thiazole rings is 2. The fraction of sp³-hybridized carbons (Fsp3) is 0.500. The van der Waals surface area contributed by atoms with Crippen molar-refractivity contribution in [2.24, 2.45) is 5.92 Å². The third-order valence-corrected chi connectivity index (χ3v) is 4.00. The Morgan fingerprint density at radius 1 is 1.29 bits per heavy atom. The Hall–Kier alpha value is -0.940. The average molecular weight is 267 g/mol. The number of rotatable bonds is 4. The smallest absolute Gasteiger partial charge is 0.183 e. The van der Waals surface area contributed by atoms with E-state index in [1.165, 1.54) is 4.88 Å². The Labute approximate surface area is 110 Å². The van der Waals surface area contributed by atoms with Crippen LogP contribution in [-0.2, 0) is 0 Å². The average Bonchev–Trinajstić information content (AvgIpc) is 2.82. The molecule has 0 fully saturated rings. The first-order valence-corrected chi connectivity index (χ1v) is 7.39. The van der Waals surface area contributed by atoms with E-state index in [-0.39, 0.29) is 0 Å². The van der Waals surface area contributed by atoms with Gasteiger partial charge < -0.3 is 5.32 Å². The maximum Gasteiger partial charge on any atom is 0.183 e. The van der Waals surface area contributed by atoms with Crippen LogP contribution in [0.3, 0.4) is 0 Å². The second-order valence-electron chi connectivity index (χ2n) is 4.45. The number of nitrogens with zero attached hydrogens (tertiary/aromatic N) is 2. The zero-order valence-electron chi connectivity index (χ0n) is 10.6. The van der Waals surface area contributed by atoms with Crippen LogP contribution in [0.1, 0.15) is 23.7 Å². The quantitative estimate of drug-likeness (QED) is 0.911. The van der Waals surface area contributed by atoms with Crippen LogP contribution in [0.5, 0.6) is 0 Å². The monoisotopic (exact) mass is 267 g/mol. The van der Waals surface area contributed by atoms with Crippen LogP contribution >= 0.6 is 22.7 Å². The topological polar surface area (TPSA) is 37.8 Å². The van der Waals surface area contributed by atoms with Gasteiger partial charge in [0.15, 0.2) is 5.13 Å². The van der Waals surface area contributed by atoms with E-state index in [0.29, 0.717) is 5.92 Å². The molecule has 3 nitrogen and oxygen atoms in total. The van der Waals surface area contributed by atoms with Crippen molar-refractivity contribution in [1.29, 1.82) is 0 Å². The predicted molar refractivity (Wildman–Crippen MR) is 76.0 cm³/mol. The van der Waals surface area contributed by atoms with Gasteiger partial charge in [0.05, 0.1) is 5.01 Å². The molecule has 17 heavy (non-hydrogen) atoms. The third kappa shape index (κ3) is 3.04. The van der Waals surface area contributed by atoms with Crippen molar-refractivity contribution in [3.63, 3.8) is 0 Å². The SMILES string of the molecule is Cc1nc(-c2csc(NCC(C)C)n2)c(C)s1. The van der Waals surface area contributed by atoms with Crippen molar-refractivity contribution in [2.75, 3.05) is 11.9 Å². The second kappa shape index (κ2) is 5.14. The van der Waals surface area contributed by atoms with Crippen molar-refractivity contribution in [3.8, 4) is 11.4 Å². The van der Waals surface area contributed by atoms with E-state index in [2.05, 4.69) is 41.4 Å². The van der Waals surface area contributed by atoms with Gasteiger partial charge in [-0.25, -0.2) is 9.97 Å². The molecule has 0 aliphatic heterocycles. The summed E-state index contributed by atoms with van der Waals surface area (Å²) in [6, 6.07) is 0. The molecule has 92 valence electrons. The first-order chi connectivity index (χ1) is 8.06. The van der Waals surface area contributed by atoms with Crippen molar-refractivity contribution in [1.82, 2.24) is 9.97 Å². The summed E-state index contributed by atoms with van der Waals surface area (Å²) in [5.74, 6) is 0.630. The summed E-state index contributed by atoms with van der Waals surface area (Å²) < 4.78 is 0. The van der Waals surface area contributed by atoms with Gasteiger partial charge in [-0.1, -0.05) is 13.8 Å². The van der Waals surface area contributed by atoms with Crippen LogP contribution in [-0.4, -0.2) is 16.5 Å². The molecule has 0 saturated heterocycles. The van der Waals surface area contributed by atoms with E-state index >= 15 is 0 Å². The summed E-state index contributed by atoms with van der Waals surface area (Å²) in [7, 11) is 0. The molecule has 2 heterocycles.